The SMILES string of the molecule is O=C(CN(CC(=O)NCCO[C@H]1O[C@H](CO[C@H]2O[C@H](CO)[C@@H](O)[C@H](O)[C@@H]2O)[C@@H](O)[C@H](O[C@H]2O[C@H](CO)[C@@H](O)[C@H](O)[C@@H]2O)[C@@H]1O)CC(=O)NCCO[C@H]1O[C@H](CO[C@H]2O[C@H](CO)[C@@H](O)[C@H](O)[C@@H]2O)[C@@H](O)[C@H](O[C@H]2O[C@H](CO)[C@@H](O)[C@H](O)[C@@H]2O)[C@@H]1O)NCCCCCC(=O)ON1CCCC1=O. The van der Waals surface area contributed by atoms with Gasteiger partial charge in [0.25, 0.3) is 5.91 Å². The summed E-state index contributed by atoms with van der Waals surface area (Å²) in [5.41, 5.74) is 0. The molecule has 0 saturated carbocycles. The molecular weight excluding hydrogens is 1350 g/mol. The normalized spacial score (nSPS) is 40.6. The van der Waals surface area contributed by atoms with Crippen molar-refractivity contribution in [2.75, 3.05) is 98.7 Å². The Bertz CT molecular complexity index is 2360. The zero-order valence-corrected chi connectivity index (χ0v) is 53.4. The van der Waals surface area contributed by atoms with Gasteiger partial charge in [-0.1, -0.05) is 6.42 Å². The summed E-state index contributed by atoms with van der Waals surface area (Å²) in [5, 5.41) is 219. The summed E-state index contributed by atoms with van der Waals surface area (Å²) in [4.78, 5) is 70.8. The third-order valence-corrected chi connectivity index (χ3v) is 17.2. The molecule has 43 heteroatoms. The Morgan fingerprint density at radius 1 is 0.404 bits per heavy atom. The Hall–Kier alpha value is -3.97. The van der Waals surface area contributed by atoms with Crippen LogP contribution in [-0.2, 0) is 85.7 Å². The van der Waals surface area contributed by atoms with Gasteiger partial charge in [-0.05, 0) is 19.3 Å². The van der Waals surface area contributed by atoms with E-state index >= 15 is 0 Å². The van der Waals surface area contributed by atoms with Gasteiger partial charge < -0.3 is 180 Å². The molecule has 99 heavy (non-hydrogen) atoms. The number of nitrogens with one attached hydrogen (secondary N) is 3. The smallest absolute Gasteiger partial charge is 0.332 e. The number of hydrogen-bond donors (Lipinski definition) is 23. The molecule has 0 aromatic carbocycles. The minimum absolute atomic E-state index is 0.0183. The zero-order valence-electron chi connectivity index (χ0n) is 53.4. The van der Waals surface area contributed by atoms with E-state index < -0.39 is 294 Å². The number of ether oxygens (including phenoxy) is 12. The van der Waals surface area contributed by atoms with Crippen LogP contribution in [0.2, 0.25) is 0 Å². The molecule has 23 N–H and O–H groups in total. The highest BCUT2D eigenvalue weighted by Gasteiger charge is 2.55. The van der Waals surface area contributed by atoms with Crippen molar-refractivity contribution in [3.05, 3.63) is 0 Å². The van der Waals surface area contributed by atoms with E-state index in [0.717, 1.165) is 9.96 Å². The summed E-state index contributed by atoms with van der Waals surface area (Å²) >= 11 is 0. The molecule has 0 aromatic heterocycles. The zero-order chi connectivity index (χ0) is 72.5. The quantitative estimate of drug-likeness (QED) is 0.0262. The minimum Gasteiger partial charge on any atom is -0.394 e. The second-order valence-electron chi connectivity index (χ2n) is 24.5. The minimum atomic E-state index is -2.04. The second kappa shape index (κ2) is 39.2. The van der Waals surface area contributed by atoms with Gasteiger partial charge in [0, 0.05) is 32.5 Å². The van der Waals surface area contributed by atoms with Crippen LogP contribution in [0.5, 0.6) is 0 Å². The van der Waals surface area contributed by atoms with Crippen LogP contribution in [0.15, 0.2) is 0 Å². The van der Waals surface area contributed by atoms with E-state index in [9.17, 15) is 126 Å². The van der Waals surface area contributed by atoms with Gasteiger partial charge in [-0.15, -0.1) is 0 Å². The van der Waals surface area contributed by atoms with Crippen molar-refractivity contribution in [2.24, 2.45) is 0 Å². The maximum Gasteiger partial charge on any atom is 0.332 e. The van der Waals surface area contributed by atoms with E-state index in [0.29, 0.717) is 25.7 Å². The van der Waals surface area contributed by atoms with Crippen LogP contribution in [0.4, 0.5) is 0 Å². The average Bonchev–Trinajstić information content (AvgIpc) is 0.868. The number of aliphatic hydroxyl groups is 20. The average molecular weight is 1450 g/mol. The van der Waals surface area contributed by atoms with Gasteiger partial charge in [0.05, 0.1) is 79.0 Å². The lowest BCUT2D eigenvalue weighted by Gasteiger charge is -2.46. The van der Waals surface area contributed by atoms with Crippen molar-refractivity contribution >= 4 is 29.6 Å². The van der Waals surface area contributed by atoms with Crippen molar-refractivity contribution in [3.8, 4) is 0 Å². The van der Waals surface area contributed by atoms with Gasteiger partial charge in [-0.3, -0.25) is 24.1 Å². The largest absolute Gasteiger partial charge is 0.394 e. The molecule has 0 spiro atoms. The Kier molecular flexibility index (Phi) is 32.6. The Morgan fingerprint density at radius 3 is 1.11 bits per heavy atom. The Balaban J connectivity index is 0.971. The molecular formula is C56H95N5O38. The van der Waals surface area contributed by atoms with Crippen molar-refractivity contribution in [1.29, 1.82) is 0 Å². The molecule has 30 atom stereocenters. The first kappa shape index (κ1) is 82.3. The number of aliphatic hydroxyl groups excluding tert-OH is 20. The second-order valence-corrected chi connectivity index (χ2v) is 24.5. The number of hydrogen-bond acceptors (Lipinski definition) is 39. The lowest BCUT2D eigenvalue weighted by molar-refractivity contribution is -0.366. The van der Waals surface area contributed by atoms with Gasteiger partial charge in [-0.2, -0.15) is 5.06 Å². The fraction of sp³-hybridized carbons (Fsp3) is 0.911. The van der Waals surface area contributed by atoms with Gasteiger partial charge >= 0.3 is 5.97 Å². The highest BCUT2D eigenvalue weighted by Crippen LogP contribution is 2.34. The molecule has 0 bridgehead atoms. The van der Waals surface area contributed by atoms with Gasteiger partial charge in [0.15, 0.2) is 37.7 Å². The topological polar surface area (TPSA) is 653 Å². The third kappa shape index (κ3) is 21.8. The lowest BCUT2D eigenvalue weighted by atomic mass is 9.96. The van der Waals surface area contributed by atoms with Crippen LogP contribution >= 0.6 is 0 Å². The first-order valence-corrected chi connectivity index (χ1v) is 32.2. The summed E-state index contributed by atoms with van der Waals surface area (Å²) in [6.45, 7) is -8.47. The molecule has 0 radical (unpaired) electrons. The van der Waals surface area contributed by atoms with Gasteiger partial charge in [-0.25, -0.2) is 4.79 Å². The summed E-state index contributed by atoms with van der Waals surface area (Å²) in [7, 11) is 0. The first-order chi connectivity index (χ1) is 47.1. The number of unbranched alkanes of at least 4 members (excludes halogenated alkanes) is 2. The van der Waals surface area contributed by atoms with E-state index in [2.05, 4.69) is 16.0 Å². The molecule has 4 amide bonds. The van der Waals surface area contributed by atoms with E-state index in [-0.39, 0.29) is 31.8 Å². The summed E-state index contributed by atoms with van der Waals surface area (Å²) in [6, 6.07) is 0. The summed E-state index contributed by atoms with van der Waals surface area (Å²) in [6.07, 6.45) is -52.9. The van der Waals surface area contributed by atoms with Crippen molar-refractivity contribution in [2.45, 2.75) is 223 Å². The lowest BCUT2D eigenvalue weighted by Crippen LogP contribution is -2.65. The van der Waals surface area contributed by atoms with Gasteiger partial charge in [0.1, 0.15) is 146 Å². The van der Waals surface area contributed by atoms with E-state index in [4.69, 9.17) is 61.7 Å². The van der Waals surface area contributed by atoms with Crippen molar-refractivity contribution in [1.82, 2.24) is 25.9 Å². The van der Waals surface area contributed by atoms with E-state index in [1.165, 1.54) is 0 Å². The van der Waals surface area contributed by atoms with Crippen LogP contribution in [0.3, 0.4) is 0 Å². The molecule has 7 heterocycles. The van der Waals surface area contributed by atoms with E-state index in [1.54, 1.807) is 0 Å². The number of hydroxylamine groups is 2. The molecule has 0 unspecified atom stereocenters. The standard InChI is InChI=1S/C56H95N5O38/c62-16-22-33(71)39(77)43(81)51(91-22)89-20-26-37(75)49(97-55-45(83)41(79)35(73)24(18-64)93-55)47(85)53(95-26)87-11-8-58-29(67)14-60(13-28(66)57-7-3-1-2-6-32(70)99-61-10-4-5-31(61)69)15-30(68)59-9-12-88-54-48(86)50(98-56-46(84)42(80)36(74)25(19-65)94-56)38(76)27(96-54)21-90-52-44(82)40(78)34(72)23(17-63)92-52/h22-27,33-56,62-65,71-86H,1-21H2,(H,57,66)(H,58,67)(H,59,68)/t22-,23-,24-,25-,26-,27-,33-,34-,35-,36-,37-,38-,39+,40+,41+,42+,43+,44+,45+,46+,47+,48+,49+,50+,51+,52+,53+,54+,55-,56-/m1/s1. The molecule has 7 fully saturated rings. The molecule has 7 saturated heterocycles. The number of amides is 4. The van der Waals surface area contributed by atoms with Crippen LogP contribution in [-0.4, -0.2) is 425 Å². The van der Waals surface area contributed by atoms with Crippen LogP contribution in [0.25, 0.3) is 0 Å². The monoisotopic (exact) mass is 1450 g/mol. The number of nitrogens with zero attached hydrogens (tertiary/aromatic N) is 2. The predicted octanol–water partition coefficient (Wildman–Crippen LogP) is -15.8. The maximum absolute atomic E-state index is 13.6. The Morgan fingerprint density at radius 2 is 0.747 bits per heavy atom. The molecule has 7 aliphatic heterocycles. The Labute approximate surface area is 563 Å². The molecule has 0 aliphatic carbocycles. The number of carbonyl (C=O) groups is 5. The molecule has 0 aromatic rings. The maximum atomic E-state index is 13.6. The number of carbonyl (C=O) groups excluding carboxylic acids is 5. The first-order valence-electron chi connectivity index (χ1n) is 32.2. The van der Waals surface area contributed by atoms with Crippen molar-refractivity contribution in [3.63, 3.8) is 0 Å². The van der Waals surface area contributed by atoms with Gasteiger partial charge in [0.2, 0.25) is 17.7 Å². The van der Waals surface area contributed by atoms with Crippen LogP contribution in [0.1, 0.15) is 38.5 Å². The highest BCUT2D eigenvalue weighted by molar-refractivity contribution is 5.84. The van der Waals surface area contributed by atoms with Crippen molar-refractivity contribution < 1.29 is 188 Å². The molecule has 7 rings (SSSR count). The third-order valence-electron chi connectivity index (χ3n) is 17.2. The fourth-order valence-corrected chi connectivity index (χ4v) is 11.5. The van der Waals surface area contributed by atoms with E-state index in [1.807, 2.05) is 0 Å². The highest BCUT2D eigenvalue weighted by atomic mass is 16.8. The molecule has 572 valence electrons. The van der Waals surface area contributed by atoms with Crippen LogP contribution < -0.4 is 16.0 Å². The molecule has 7 aliphatic rings. The fourth-order valence-electron chi connectivity index (χ4n) is 11.5. The molecule has 43 nitrogen and oxygen atoms in total. The number of rotatable bonds is 35. The summed E-state index contributed by atoms with van der Waals surface area (Å²) in [5.74, 6) is -3.27. The summed E-state index contributed by atoms with van der Waals surface area (Å²) < 4.78 is 67.1. The van der Waals surface area contributed by atoms with Crippen LogP contribution in [0, 0.1) is 0 Å². The predicted molar refractivity (Wildman–Crippen MR) is 311 cm³/mol.